The number of rotatable bonds is 13. The van der Waals surface area contributed by atoms with Crippen LogP contribution in [-0.2, 0) is 31.0 Å². The van der Waals surface area contributed by atoms with Crippen LogP contribution in [0.15, 0.2) is 72.8 Å². The number of ether oxygens (including phenoxy) is 4. The number of aryl methyl sites for hydroxylation is 1. The van der Waals surface area contributed by atoms with Crippen molar-refractivity contribution < 1.29 is 23.7 Å². The topological polar surface area (TPSA) is 102 Å². The summed E-state index contributed by atoms with van der Waals surface area (Å²) in [5.41, 5.74) is 7.99. The average Bonchev–Trinajstić information content (AvgIpc) is 3.06. The first kappa shape index (κ1) is 31.4. The molecule has 0 spiro atoms. The lowest BCUT2D eigenvalue weighted by molar-refractivity contribution is -0.118. The molecule has 0 atom stereocenters. The molecular formula is C37H39N3O5. The van der Waals surface area contributed by atoms with Crippen molar-refractivity contribution in [2.75, 3.05) is 26.3 Å². The summed E-state index contributed by atoms with van der Waals surface area (Å²) >= 11 is 0. The van der Waals surface area contributed by atoms with Crippen molar-refractivity contribution in [3.05, 3.63) is 106 Å². The van der Waals surface area contributed by atoms with E-state index < -0.39 is 0 Å². The second-order valence-electron chi connectivity index (χ2n) is 10.9. The van der Waals surface area contributed by atoms with Gasteiger partial charge in [-0.05, 0) is 77.1 Å². The maximum absolute atomic E-state index is 11.2. The molecule has 0 bridgehead atoms. The summed E-state index contributed by atoms with van der Waals surface area (Å²) < 4.78 is 24.3. The first-order chi connectivity index (χ1) is 21.9. The molecule has 0 saturated carbocycles. The van der Waals surface area contributed by atoms with E-state index in [2.05, 4.69) is 60.9 Å². The van der Waals surface area contributed by atoms with E-state index in [1.165, 1.54) is 6.92 Å². The van der Waals surface area contributed by atoms with Gasteiger partial charge in [-0.15, -0.1) is 0 Å². The van der Waals surface area contributed by atoms with Crippen molar-refractivity contribution in [2.45, 2.75) is 47.0 Å². The van der Waals surface area contributed by atoms with Gasteiger partial charge in [0.15, 0.2) is 11.5 Å². The van der Waals surface area contributed by atoms with Gasteiger partial charge in [0.25, 0.3) is 0 Å². The largest absolute Gasteiger partial charge is 0.488 e. The Hall–Kier alpha value is -5.00. The number of carbonyl (C=O) groups is 1. The Labute approximate surface area is 264 Å². The number of amides is 1. The lowest BCUT2D eigenvalue weighted by Gasteiger charge is -2.20. The molecule has 0 fully saturated rings. The second-order valence-corrected chi connectivity index (χ2v) is 10.9. The van der Waals surface area contributed by atoms with Crippen molar-refractivity contribution in [3.63, 3.8) is 0 Å². The van der Waals surface area contributed by atoms with Crippen molar-refractivity contribution in [2.24, 2.45) is 0 Å². The SMILES string of the molecule is CCc1cc(CNCCNC(C)=O)c(OCc2cccc(C#N)c2)cc1OCc1cccc(-c2ccc3c(c2)OCCO3)c1C. The first-order valence-electron chi connectivity index (χ1n) is 15.3. The minimum atomic E-state index is -0.0535. The summed E-state index contributed by atoms with van der Waals surface area (Å²) in [5.74, 6) is 2.96. The van der Waals surface area contributed by atoms with Crippen LogP contribution in [0.2, 0.25) is 0 Å². The Bertz CT molecular complexity index is 1690. The number of fused-ring (bicyclic) bond motifs is 1. The minimum absolute atomic E-state index is 0.0535. The molecule has 8 nitrogen and oxygen atoms in total. The van der Waals surface area contributed by atoms with Crippen molar-refractivity contribution in [1.82, 2.24) is 10.6 Å². The van der Waals surface area contributed by atoms with E-state index in [1.807, 2.05) is 36.4 Å². The average molecular weight is 606 g/mol. The fourth-order valence-corrected chi connectivity index (χ4v) is 5.30. The van der Waals surface area contributed by atoms with Gasteiger partial charge in [-0.2, -0.15) is 5.26 Å². The van der Waals surface area contributed by atoms with Crippen LogP contribution < -0.4 is 29.6 Å². The highest BCUT2D eigenvalue weighted by atomic mass is 16.6. The van der Waals surface area contributed by atoms with Crippen LogP contribution in [0, 0.1) is 18.3 Å². The number of nitriles is 1. The zero-order valence-electron chi connectivity index (χ0n) is 26.1. The van der Waals surface area contributed by atoms with Crippen LogP contribution in [0.25, 0.3) is 11.1 Å². The van der Waals surface area contributed by atoms with Gasteiger partial charge >= 0.3 is 0 Å². The standard InChI is InChI=1S/C37H39N3O5/c1-4-29-18-32(22-39-13-14-40-26(3)41)36(44-23-28-8-5-7-27(17-28)21-38)20-35(29)45-24-31-9-6-10-33(25(31)2)30-11-12-34-37(19-30)43-16-15-42-34/h5-12,17-20,39H,4,13-16,22-24H2,1-3H3,(H,40,41). The number of nitrogens with one attached hydrogen (secondary N) is 2. The molecule has 8 heteroatoms. The fraction of sp³-hybridized carbons (Fsp3) is 0.297. The summed E-state index contributed by atoms with van der Waals surface area (Å²) in [5, 5.41) is 15.5. The van der Waals surface area contributed by atoms with Crippen molar-refractivity contribution in [1.29, 1.82) is 5.26 Å². The van der Waals surface area contributed by atoms with E-state index in [1.54, 1.807) is 6.07 Å². The molecule has 2 N–H and O–H groups in total. The molecule has 1 heterocycles. The summed E-state index contributed by atoms with van der Waals surface area (Å²) in [6.07, 6.45) is 0.787. The molecule has 0 unspecified atom stereocenters. The quantitative estimate of drug-likeness (QED) is 0.174. The van der Waals surface area contributed by atoms with E-state index in [0.717, 1.165) is 62.6 Å². The molecule has 5 rings (SSSR count). The van der Waals surface area contributed by atoms with Gasteiger partial charge in [0.05, 0.1) is 11.6 Å². The van der Waals surface area contributed by atoms with Crippen LogP contribution in [-0.4, -0.2) is 32.2 Å². The Morgan fingerprint density at radius 2 is 1.64 bits per heavy atom. The summed E-state index contributed by atoms with van der Waals surface area (Å²) in [7, 11) is 0. The molecule has 0 saturated heterocycles. The molecule has 4 aromatic rings. The van der Waals surface area contributed by atoms with Crippen LogP contribution in [0.1, 0.15) is 47.2 Å². The van der Waals surface area contributed by atoms with E-state index >= 15 is 0 Å². The minimum Gasteiger partial charge on any atom is -0.488 e. The van der Waals surface area contributed by atoms with Crippen molar-refractivity contribution >= 4 is 5.91 Å². The van der Waals surface area contributed by atoms with Crippen LogP contribution in [0.3, 0.4) is 0 Å². The van der Waals surface area contributed by atoms with Gasteiger partial charge in [-0.1, -0.05) is 43.3 Å². The highest BCUT2D eigenvalue weighted by Gasteiger charge is 2.16. The summed E-state index contributed by atoms with van der Waals surface area (Å²) in [6.45, 7) is 9.30. The number of benzene rings is 4. The lowest BCUT2D eigenvalue weighted by Crippen LogP contribution is -2.30. The highest BCUT2D eigenvalue weighted by Crippen LogP contribution is 2.37. The first-order valence-corrected chi connectivity index (χ1v) is 15.3. The molecule has 0 radical (unpaired) electrons. The Morgan fingerprint density at radius 3 is 2.44 bits per heavy atom. The van der Waals surface area contributed by atoms with Crippen molar-refractivity contribution in [3.8, 4) is 40.2 Å². The Morgan fingerprint density at radius 1 is 0.867 bits per heavy atom. The molecule has 4 aromatic carbocycles. The number of carbonyl (C=O) groups excluding carboxylic acids is 1. The monoisotopic (exact) mass is 605 g/mol. The van der Waals surface area contributed by atoms with E-state index in [-0.39, 0.29) is 5.91 Å². The van der Waals surface area contributed by atoms with Gasteiger partial charge in [0.1, 0.15) is 37.9 Å². The number of hydrogen-bond donors (Lipinski definition) is 2. The molecule has 45 heavy (non-hydrogen) atoms. The summed E-state index contributed by atoms with van der Waals surface area (Å²) in [4.78, 5) is 11.2. The molecule has 1 aliphatic heterocycles. The van der Waals surface area contributed by atoms with Gasteiger partial charge in [-0.25, -0.2) is 0 Å². The molecule has 1 aliphatic rings. The predicted octanol–water partition coefficient (Wildman–Crippen LogP) is 6.25. The second kappa shape index (κ2) is 15.1. The lowest BCUT2D eigenvalue weighted by atomic mass is 9.96. The van der Waals surface area contributed by atoms with Gasteiger partial charge in [0.2, 0.25) is 5.91 Å². The molecule has 0 aromatic heterocycles. The zero-order chi connectivity index (χ0) is 31.6. The fourth-order valence-electron chi connectivity index (χ4n) is 5.30. The van der Waals surface area contributed by atoms with E-state index in [4.69, 9.17) is 18.9 Å². The summed E-state index contributed by atoms with van der Waals surface area (Å²) in [6, 6.07) is 26.0. The predicted molar refractivity (Wildman–Crippen MR) is 174 cm³/mol. The van der Waals surface area contributed by atoms with Gasteiger partial charge in [0, 0.05) is 38.2 Å². The third kappa shape index (κ3) is 8.14. The molecule has 232 valence electrons. The van der Waals surface area contributed by atoms with Gasteiger partial charge < -0.3 is 29.6 Å². The maximum Gasteiger partial charge on any atom is 0.216 e. The van der Waals surface area contributed by atoms with Crippen LogP contribution in [0.5, 0.6) is 23.0 Å². The van der Waals surface area contributed by atoms with E-state index in [0.29, 0.717) is 57.4 Å². The third-order valence-corrected chi connectivity index (χ3v) is 7.75. The smallest absolute Gasteiger partial charge is 0.216 e. The van der Waals surface area contributed by atoms with Crippen LogP contribution >= 0.6 is 0 Å². The number of hydrogen-bond acceptors (Lipinski definition) is 7. The normalized spacial score (nSPS) is 11.9. The molecule has 1 amide bonds. The number of nitrogens with zero attached hydrogens (tertiary/aromatic N) is 1. The third-order valence-electron chi connectivity index (χ3n) is 7.75. The Balaban J connectivity index is 1.36. The van der Waals surface area contributed by atoms with E-state index in [9.17, 15) is 10.1 Å². The molecule has 0 aliphatic carbocycles. The molecular weight excluding hydrogens is 566 g/mol. The maximum atomic E-state index is 11.2. The van der Waals surface area contributed by atoms with Gasteiger partial charge in [-0.3, -0.25) is 4.79 Å². The van der Waals surface area contributed by atoms with Crippen LogP contribution in [0.4, 0.5) is 0 Å². The Kier molecular flexibility index (Phi) is 10.6. The zero-order valence-corrected chi connectivity index (χ0v) is 26.1. The highest BCUT2D eigenvalue weighted by molar-refractivity contribution is 5.73.